The number of carbonyl (C=O) groups is 1. The Labute approximate surface area is 224 Å². The van der Waals surface area contributed by atoms with E-state index in [4.69, 9.17) is 32.7 Å². The first-order valence-electron chi connectivity index (χ1n) is 11.6. The van der Waals surface area contributed by atoms with E-state index >= 15 is 0 Å². The van der Waals surface area contributed by atoms with Gasteiger partial charge in [-0.3, -0.25) is 9.36 Å². The molecule has 0 spiro atoms. The molecular weight excluding hydrogens is 515 g/mol. The van der Waals surface area contributed by atoms with Crippen LogP contribution in [0.1, 0.15) is 25.3 Å². The third-order valence-corrected chi connectivity index (χ3v) is 6.59. The van der Waals surface area contributed by atoms with Crippen molar-refractivity contribution >= 4 is 46.0 Å². The molecule has 0 amide bonds. The van der Waals surface area contributed by atoms with Crippen LogP contribution in [-0.4, -0.2) is 41.1 Å². The molecule has 10 heteroatoms. The molecule has 0 atom stereocenters. The molecule has 0 saturated carbocycles. The molecule has 2 heterocycles. The van der Waals surface area contributed by atoms with E-state index in [9.17, 15) is 9.59 Å². The molecule has 4 rings (SSSR count). The standard InChI is InChI=1S/C27H26Cl2N4O4/c1-16(34)8-7-11-30-27-31-14-18-12-19(22-23(28)20(36-2)13-21(37-3)24(22)29)26(35)33(25(18)32-27)15-17-9-5-4-6-10-17/h4-6,9-10,12-14H,7-8,11,15H2,1-3H3,(H,30,31,32). The van der Waals surface area contributed by atoms with Crippen LogP contribution in [0.4, 0.5) is 5.95 Å². The predicted molar refractivity (Wildman–Crippen MR) is 146 cm³/mol. The van der Waals surface area contributed by atoms with Gasteiger partial charge in [-0.05, 0) is 25.0 Å². The lowest BCUT2D eigenvalue weighted by Gasteiger charge is -2.17. The number of ether oxygens (including phenoxy) is 2. The van der Waals surface area contributed by atoms with Crippen LogP contribution in [0.3, 0.4) is 0 Å². The fourth-order valence-corrected chi connectivity index (χ4v) is 4.70. The van der Waals surface area contributed by atoms with Crippen molar-refractivity contribution in [3.63, 3.8) is 0 Å². The molecule has 37 heavy (non-hydrogen) atoms. The Kier molecular flexibility index (Phi) is 8.31. The van der Waals surface area contributed by atoms with Gasteiger partial charge in [0.25, 0.3) is 5.56 Å². The molecule has 0 fully saturated rings. The SMILES string of the molecule is COc1cc(OC)c(Cl)c(-c2cc3cnc(NCCCC(C)=O)nc3n(Cc3ccccc3)c2=O)c1Cl. The van der Waals surface area contributed by atoms with Crippen LogP contribution < -0.4 is 20.3 Å². The van der Waals surface area contributed by atoms with Gasteiger partial charge in [-0.2, -0.15) is 4.98 Å². The van der Waals surface area contributed by atoms with Crippen molar-refractivity contribution in [3.05, 3.63) is 74.6 Å². The van der Waals surface area contributed by atoms with Gasteiger partial charge in [0.05, 0.1) is 36.4 Å². The summed E-state index contributed by atoms with van der Waals surface area (Å²) in [6.07, 6.45) is 2.76. The van der Waals surface area contributed by atoms with Gasteiger partial charge in [-0.1, -0.05) is 53.5 Å². The lowest BCUT2D eigenvalue weighted by atomic mass is 10.0. The van der Waals surface area contributed by atoms with E-state index in [0.29, 0.717) is 53.4 Å². The van der Waals surface area contributed by atoms with E-state index in [1.165, 1.54) is 14.2 Å². The van der Waals surface area contributed by atoms with Crippen LogP contribution in [0.2, 0.25) is 10.0 Å². The zero-order valence-electron chi connectivity index (χ0n) is 20.7. The van der Waals surface area contributed by atoms with Crippen LogP contribution in [-0.2, 0) is 11.3 Å². The zero-order chi connectivity index (χ0) is 26.5. The Balaban J connectivity index is 1.90. The first kappa shape index (κ1) is 26.4. The molecule has 0 radical (unpaired) electrons. The Bertz CT molecular complexity index is 1480. The average Bonchev–Trinajstić information content (AvgIpc) is 2.89. The molecule has 2 aromatic heterocycles. The summed E-state index contributed by atoms with van der Waals surface area (Å²) in [5.41, 5.74) is 1.60. The monoisotopic (exact) mass is 540 g/mol. The van der Waals surface area contributed by atoms with E-state index in [2.05, 4.69) is 15.3 Å². The minimum atomic E-state index is -0.336. The largest absolute Gasteiger partial charge is 0.495 e. The fourth-order valence-electron chi connectivity index (χ4n) is 4.00. The highest BCUT2D eigenvalue weighted by molar-refractivity contribution is 6.41. The average molecular weight is 541 g/mol. The summed E-state index contributed by atoms with van der Waals surface area (Å²) in [4.78, 5) is 34.3. The molecule has 0 aliphatic heterocycles. The number of anilines is 1. The van der Waals surface area contributed by atoms with E-state index in [-0.39, 0.29) is 33.5 Å². The quantitative estimate of drug-likeness (QED) is 0.261. The van der Waals surface area contributed by atoms with Crippen molar-refractivity contribution in [1.29, 1.82) is 0 Å². The predicted octanol–water partition coefficient (Wildman–Crippen LogP) is 5.61. The van der Waals surface area contributed by atoms with Crippen molar-refractivity contribution in [2.24, 2.45) is 0 Å². The highest BCUT2D eigenvalue weighted by atomic mass is 35.5. The van der Waals surface area contributed by atoms with Crippen molar-refractivity contribution in [2.45, 2.75) is 26.3 Å². The summed E-state index contributed by atoms with van der Waals surface area (Å²) in [7, 11) is 2.95. The molecule has 4 aromatic rings. The summed E-state index contributed by atoms with van der Waals surface area (Å²) in [6.45, 7) is 2.35. The number of aromatic nitrogens is 3. The van der Waals surface area contributed by atoms with E-state index in [0.717, 1.165) is 5.56 Å². The molecule has 0 unspecified atom stereocenters. The topological polar surface area (TPSA) is 95.3 Å². The number of nitrogens with one attached hydrogen (secondary N) is 1. The third kappa shape index (κ3) is 5.70. The minimum Gasteiger partial charge on any atom is -0.495 e. The Morgan fingerprint density at radius 2 is 1.73 bits per heavy atom. The highest BCUT2D eigenvalue weighted by Gasteiger charge is 2.23. The molecule has 8 nitrogen and oxygen atoms in total. The summed E-state index contributed by atoms with van der Waals surface area (Å²) in [5.74, 6) is 1.14. The number of nitrogens with zero attached hydrogens (tertiary/aromatic N) is 3. The third-order valence-electron chi connectivity index (χ3n) is 5.84. The molecule has 0 bridgehead atoms. The van der Waals surface area contributed by atoms with E-state index in [1.54, 1.807) is 29.8 Å². The first-order valence-corrected chi connectivity index (χ1v) is 12.4. The second-order valence-electron chi connectivity index (χ2n) is 8.42. The van der Waals surface area contributed by atoms with Gasteiger partial charge in [-0.15, -0.1) is 0 Å². The number of carbonyl (C=O) groups excluding carboxylic acids is 1. The van der Waals surface area contributed by atoms with Gasteiger partial charge in [0.15, 0.2) is 0 Å². The molecule has 2 aromatic carbocycles. The van der Waals surface area contributed by atoms with E-state index < -0.39 is 0 Å². The summed E-state index contributed by atoms with van der Waals surface area (Å²) < 4.78 is 12.4. The lowest BCUT2D eigenvalue weighted by molar-refractivity contribution is -0.117. The summed E-state index contributed by atoms with van der Waals surface area (Å²) in [6, 6.07) is 12.8. The van der Waals surface area contributed by atoms with Gasteiger partial charge >= 0.3 is 0 Å². The summed E-state index contributed by atoms with van der Waals surface area (Å²) in [5, 5.41) is 4.14. The van der Waals surface area contributed by atoms with Gasteiger partial charge < -0.3 is 19.6 Å². The smallest absolute Gasteiger partial charge is 0.260 e. The molecule has 1 N–H and O–H groups in total. The van der Waals surface area contributed by atoms with Crippen molar-refractivity contribution < 1.29 is 14.3 Å². The fraction of sp³-hybridized carbons (Fsp3) is 0.259. The Morgan fingerprint density at radius 3 is 2.35 bits per heavy atom. The van der Waals surface area contributed by atoms with Gasteiger partial charge in [0.1, 0.15) is 22.9 Å². The van der Waals surface area contributed by atoms with Crippen LogP contribution in [0.15, 0.2) is 53.5 Å². The van der Waals surface area contributed by atoms with Gasteiger partial charge in [0, 0.05) is 36.2 Å². The number of hydrogen-bond donors (Lipinski definition) is 1. The Hall–Kier alpha value is -3.62. The molecule has 0 aliphatic carbocycles. The zero-order valence-corrected chi connectivity index (χ0v) is 22.2. The number of ketones is 1. The molecule has 0 saturated heterocycles. The normalized spacial score (nSPS) is 10.9. The second kappa shape index (κ2) is 11.6. The second-order valence-corrected chi connectivity index (χ2v) is 9.18. The maximum Gasteiger partial charge on any atom is 0.260 e. The number of pyridine rings is 1. The first-order chi connectivity index (χ1) is 17.8. The molecule has 0 aliphatic rings. The Morgan fingerprint density at radius 1 is 1.05 bits per heavy atom. The minimum absolute atomic E-state index is 0.122. The number of rotatable bonds is 10. The molecular formula is C27H26Cl2N4O4. The lowest BCUT2D eigenvalue weighted by Crippen LogP contribution is -2.24. The van der Waals surface area contributed by atoms with Crippen molar-refractivity contribution in [1.82, 2.24) is 14.5 Å². The van der Waals surface area contributed by atoms with Crippen LogP contribution in [0.25, 0.3) is 22.2 Å². The number of methoxy groups -OCH3 is 2. The number of benzene rings is 2. The van der Waals surface area contributed by atoms with Gasteiger partial charge in [-0.25, -0.2) is 4.98 Å². The van der Waals surface area contributed by atoms with Crippen molar-refractivity contribution in [2.75, 3.05) is 26.1 Å². The highest BCUT2D eigenvalue weighted by Crippen LogP contribution is 2.45. The van der Waals surface area contributed by atoms with Crippen LogP contribution in [0, 0.1) is 0 Å². The number of fused-ring (bicyclic) bond motifs is 1. The van der Waals surface area contributed by atoms with Crippen LogP contribution >= 0.6 is 23.2 Å². The summed E-state index contributed by atoms with van der Waals surface area (Å²) >= 11 is 13.3. The number of halogens is 2. The molecule has 192 valence electrons. The van der Waals surface area contributed by atoms with Crippen molar-refractivity contribution in [3.8, 4) is 22.6 Å². The van der Waals surface area contributed by atoms with E-state index in [1.807, 2.05) is 30.3 Å². The van der Waals surface area contributed by atoms with Gasteiger partial charge in [0.2, 0.25) is 5.95 Å². The maximum absolute atomic E-state index is 14.0. The number of hydrogen-bond acceptors (Lipinski definition) is 7. The maximum atomic E-state index is 14.0. The van der Waals surface area contributed by atoms with Crippen LogP contribution in [0.5, 0.6) is 11.5 Å². The number of Topliss-reactive ketones (excluding diaryl/α,β-unsaturated/α-hetero) is 1.